The average molecular weight is 413 g/mol. The first-order chi connectivity index (χ1) is 13.1. The molecule has 0 saturated carbocycles. The first-order valence-corrected chi connectivity index (χ1v) is 10.3. The summed E-state index contributed by atoms with van der Waals surface area (Å²) in [6.07, 6.45) is 3.31. The van der Waals surface area contributed by atoms with E-state index in [0.29, 0.717) is 17.0 Å². The van der Waals surface area contributed by atoms with Crippen molar-refractivity contribution in [3.8, 4) is 5.88 Å². The van der Waals surface area contributed by atoms with Crippen molar-refractivity contribution < 1.29 is 14.3 Å². The van der Waals surface area contributed by atoms with E-state index in [1.165, 1.54) is 0 Å². The van der Waals surface area contributed by atoms with Gasteiger partial charge in [-0.25, -0.2) is 9.78 Å². The van der Waals surface area contributed by atoms with E-state index in [1.54, 1.807) is 13.2 Å². The van der Waals surface area contributed by atoms with Gasteiger partial charge in [0.1, 0.15) is 10.8 Å². The Balaban J connectivity index is 2.21. The van der Waals surface area contributed by atoms with Gasteiger partial charge in [0.05, 0.1) is 7.11 Å². The molecule has 28 heavy (non-hydrogen) atoms. The number of amides is 1. The molecule has 158 valence electrons. The fourth-order valence-electron chi connectivity index (χ4n) is 3.75. The molecule has 0 spiro atoms. The number of aromatic nitrogens is 2. The van der Waals surface area contributed by atoms with Crippen LogP contribution in [0, 0.1) is 0 Å². The Morgan fingerprint density at radius 1 is 1.36 bits per heavy atom. The molecule has 0 aliphatic carbocycles. The molecule has 0 bridgehead atoms. The number of hydrogen-bond acceptors (Lipinski definition) is 6. The lowest BCUT2D eigenvalue weighted by Gasteiger charge is -2.46. The minimum atomic E-state index is -0.508. The summed E-state index contributed by atoms with van der Waals surface area (Å²) in [6.45, 7) is 9.90. The van der Waals surface area contributed by atoms with Gasteiger partial charge in [0.2, 0.25) is 11.8 Å². The molecule has 0 radical (unpaired) electrons. The lowest BCUT2D eigenvalue weighted by molar-refractivity contribution is -0.00661. The minimum absolute atomic E-state index is 0.0497. The number of likely N-dealkylation sites (tertiary alicyclic amines) is 1. The van der Waals surface area contributed by atoms with Gasteiger partial charge in [-0.05, 0) is 47.0 Å². The molecule has 0 aromatic carbocycles. The number of anilines is 1. The molecular weight excluding hydrogens is 380 g/mol. The second kappa shape index (κ2) is 9.16. The Kier molecular flexibility index (Phi) is 7.37. The third-order valence-electron chi connectivity index (χ3n) is 4.98. The van der Waals surface area contributed by atoms with Crippen LogP contribution in [0.3, 0.4) is 0 Å². The molecule has 0 N–H and O–H groups in total. The molecular formula is C20H33ClN4O3. The Bertz CT molecular complexity index is 680. The number of methoxy groups -OCH3 is 1. The lowest BCUT2D eigenvalue weighted by atomic mass is 9.89. The number of rotatable bonds is 5. The summed E-state index contributed by atoms with van der Waals surface area (Å²) >= 11 is 6.12. The Hall–Kier alpha value is -1.76. The first kappa shape index (κ1) is 22.5. The molecule has 1 aliphatic heterocycles. The molecule has 1 aromatic heterocycles. The Morgan fingerprint density at radius 2 is 2.04 bits per heavy atom. The zero-order valence-corrected chi connectivity index (χ0v) is 18.8. The van der Waals surface area contributed by atoms with Crippen LogP contribution in [0.25, 0.3) is 0 Å². The predicted octanol–water partition coefficient (Wildman–Crippen LogP) is 4.53. The second-order valence-electron chi connectivity index (χ2n) is 8.45. The Labute approximate surface area is 173 Å². The van der Waals surface area contributed by atoms with Gasteiger partial charge in [0.15, 0.2) is 0 Å². The van der Waals surface area contributed by atoms with Gasteiger partial charge in [0.25, 0.3) is 0 Å². The van der Waals surface area contributed by atoms with Crippen molar-refractivity contribution >= 4 is 23.6 Å². The largest absolute Gasteiger partial charge is 0.481 e. The number of carbonyl (C=O) groups is 1. The van der Waals surface area contributed by atoms with Crippen LogP contribution in [0.4, 0.5) is 10.7 Å². The summed E-state index contributed by atoms with van der Waals surface area (Å²) in [6, 6.07) is 1.94. The molecule has 1 aromatic rings. The molecule has 2 heterocycles. The molecule has 1 fully saturated rings. The molecule has 1 amide bonds. The van der Waals surface area contributed by atoms with E-state index in [4.69, 9.17) is 21.1 Å². The van der Waals surface area contributed by atoms with E-state index in [0.717, 1.165) is 25.7 Å². The van der Waals surface area contributed by atoms with E-state index in [1.807, 2.05) is 37.6 Å². The molecule has 1 saturated heterocycles. The number of ether oxygens (including phenoxy) is 2. The smallest absolute Gasteiger partial charge is 0.410 e. The fraction of sp³-hybridized carbons (Fsp3) is 0.750. The number of carbonyl (C=O) groups excluding carboxylic acids is 1. The average Bonchev–Trinajstić information content (AvgIpc) is 2.58. The summed E-state index contributed by atoms with van der Waals surface area (Å²) in [4.78, 5) is 25.6. The number of nitrogens with zero attached hydrogens (tertiary/aromatic N) is 4. The van der Waals surface area contributed by atoms with Crippen molar-refractivity contribution in [1.29, 1.82) is 0 Å². The van der Waals surface area contributed by atoms with Gasteiger partial charge in [0, 0.05) is 31.2 Å². The third-order valence-corrected chi connectivity index (χ3v) is 5.18. The maximum absolute atomic E-state index is 12.8. The topological polar surface area (TPSA) is 67.8 Å². The monoisotopic (exact) mass is 412 g/mol. The van der Waals surface area contributed by atoms with Gasteiger partial charge >= 0.3 is 6.09 Å². The molecule has 3 atom stereocenters. The summed E-state index contributed by atoms with van der Waals surface area (Å²) in [7, 11) is 3.52. The van der Waals surface area contributed by atoms with Crippen molar-refractivity contribution in [2.45, 2.75) is 84.0 Å². The van der Waals surface area contributed by atoms with Crippen LogP contribution < -0.4 is 9.64 Å². The van der Waals surface area contributed by atoms with Crippen LogP contribution >= 0.6 is 11.6 Å². The molecule has 0 unspecified atom stereocenters. The highest BCUT2D eigenvalue weighted by atomic mass is 35.5. The number of hydrogen-bond donors (Lipinski definition) is 0. The number of halogens is 1. The zero-order chi connectivity index (χ0) is 21.1. The van der Waals surface area contributed by atoms with Gasteiger partial charge < -0.3 is 19.3 Å². The second-order valence-corrected chi connectivity index (χ2v) is 8.84. The van der Waals surface area contributed by atoms with Gasteiger partial charge in [-0.15, -0.1) is 0 Å². The van der Waals surface area contributed by atoms with Crippen LogP contribution in [0.5, 0.6) is 5.88 Å². The van der Waals surface area contributed by atoms with Crippen LogP contribution in [0.2, 0.25) is 5.15 Å². The van der Waals surface area contributed by atoms with E-state index < -0.39 is 5.60 Å². The molecule has 1 aliphatic rings. The number of piperidine rings is 1. The van der Waals surface area contributed by atoms with E-state index >= 15 is 0 Å². The van der Waals surface area contributed by atoms with Crippen molar-refractivity contribution in [1.82, 2.24) is 14.9 Å². The van der Waals surface area contributed by atoms with E-state index in [-0.39, 0.29) is 24.2 Å². The molecule has 2 rings (SSSR count). The normalized spacial score (nSPS) is 22.7. The quantitative estimate of drug-likeness (QED) is 0.661. The third kappa shape index (κ3) is 5.63. The van der Waals surface area contributed by atoms with Crippen LogP contribution in [0.15, 0.2) is 6.07 Å². The van der Waals surface area contributed by atoms with Gasteiger partial charge in [-0.2, -0.15) is 4.98 Å². The highest BCUT2D eigenvalue weighted by molar-refractivity contribution is 6.29. The molecule has 7 nitrogen and oxygen atoms in total. The van der Waals surface area contributed by atoms with Gasteiger partial charge in [-0.3, -0.25) is 0 Å². The fourth-order valence-corrected chi connectivity index (χ4v) is 3.92. The van der Waals surface area contributed by atoms with Crippen LogP contribution in [-0.4, -0.2) is 58.8 Å². The highest BCUT2D eigenvalue weighted by Crippen LogP contribution is 2.32. The maximum atomic E-state index is 12.8. The van der Waals surface area contributed by atoms with Crippen molar-refractivity contribution in [2.75, 3.05) is 19.1 Å². The summed E-state index contributed by atoms with van der Waals surface area (Å²) in [5.74, 6) is 0.966. The van der Waals surface area contributed by atoms with Crippen molar-refractivity contribution in [2.24, 2.45) is 0 Å². The van der Waals surface area contributed by atoms with E-state index in [9.17, 15) is 4.79 Å². The summed E-state index contributed by atoms with van der Waals surface area (Å²) in [5, 5.41) is 0.345. The van der Waals surface area contributed by atoms with Crippen LogP contribution in [-0.2, 0) is 4.74 Å². The van der Waals surface area contributed by atoms with Crippen molar-refractivity contribution in [3.05, 3.63) is 11.2 Å². The molecule has 8 heteroatoms. The predicted molar refractivity (Wildman–Crippen MR) is 111 cm³/mol. The standard InChI is InChI=1S/C20H33ClN4O3/c1-8-9-14-11-15(10-13(2)25(14)19(26)28-20(3,4)5)24(6)18-22-16(21)12-17(23-18)27-7/h12-15H,8-11H2,1-7H3/t13-,14+,15-/m1/s1. The SMILES string of the molecule is CCC[C@H]1C[C@H](N(C)c2nc(Cl)cc(OC)n2)C[C@@H](C)N1C(=O)OC(C)(C)C. The van der Waals surface area contributed by atoms with Gasteiger partial charge in [-0.1, -0.05) is 24.9 Å². The zero-order valence-electron chi connectivity index (χ0n) is 18.0. The summed E-state index contributed by atoms with van der Waals surface area (Å²) < 4.78 is 10.9. The van der Waals surface area contributed by atoms with Crippen LogP contribution in [0.1, 0.15) is 60.3 Å². The Morgan fingerprint density at radius 3 is 2.61 bits per heavy atom. The maximum Gasteiger partial charge on any atom is 0.410 e. The highest BCUT2D eigenvalue weighted by Gasteiger charge is 2.39. The summed E-state index contributed by atoms with van der Waals surface area (Å²) in [5.41, 5.74) is -0.508. The lowest BCUT2D eigenvalue weighted by Crippen LogP contribution is -2.56. The minimum Gasteiger partial charge on any atom is -0.481 e. The first-order valence-electron chi connectivity index (χ1n) is 9.88. The van der Waals surface area contributed by atoms with E-state index in [2.05, 4.69) is 23.8 Å². The van der Waals surface area contributed by atoms with Crippen molar-refractivity contribution in [3.63, 3.8) is 0 Å².